The monoisotopic (exact) mass is 1010 g/mol. The van der Waals surface area contributed by atoms with Crippen LogP contribution in [0.4, 0.5) is 0 Å². The van der Waals surface area contributed by atoms with Crippen molar-refractivity contribution in [1.82, 2.24) is 0 Å². The molecule has 1 unspecified atom stereocenters. The van der Waals surface area contributed by atoms with E-state index < -0.39 is 12.1 Å². The fourth-order valence-electron chi connectivity index (χ4n) is 8.07. The Morgan fingerprint density at radius 2 is 0.575 bits per heavy atom. The lowest BCUT2D eigenvalue weighted by Gasteiger charge is -2.18. The molecule has 0 aliphatic carbocycles. The van der Waals surface area contributed by atoms with Gasteiger partial charge >= 0.3 is 17.9 Å². The summed E-state index contributed by atoms with van der Waals surface area (Å²) in [5, 5.41) is 0. The predicted molar refractivity (Wildman–Crippen MR) is 316 cm³/mol. The summed E-state index contributed by atoms with van der Waals surface area (Å²) in [4.78, 5) is 37.7. The molecule has 0 fully saturated rings. The quantitative estimate of drug-likeness (QED) is 0.0261. The van der Waals surface area contributed by atoms with E-state index in [9.17, 15) is 14.4 Å². The Hall–Kier alpha value is -4.19. The third kappa shape index (κ3) is 58.6. The zero-order chi connectivity index (χ0) is 52.9. The molecule has 0 saturated heterocycles. The van der Waals surface area contributed by atoms with Gasteiger partial charge in [0, 0.05) is 12.8 Å². The van der Waals surface area contributed by atoms with Crippen molar-refractivity contribution >= 4 is 17.9 Å². The van der Waals surface area contributed by atoms with Crippen molar-refractivity contribution in [3.8, 4) is 0 Å². The molecule has 0 heterocycles. The van der Waals surface area contributed by atoms with Gasteiger partial charge in [0.05, 0.1) is 6.42 Å². The van der Waals surface area contributed by atoms with Crippen molar-refractivity contribution in [2.24, 2.45) is 0 Å². The number of ether oxygens (including phenoxy) is 3. The van der Waals surface area contributed by atoms with Gasteiger partial charge in [-0.3, -0.25) is 14.4 Å². The van der Waals surface area contributed by atoms with E-state index in [4.69, 9.17) is 14.2 Å². The average Bonchev–Trinajstić information content (AvgIpc) is 3.39. The highest BCUT2D eigenvalue weighted by Crippen LogP contribution is 2.16. The van der Waals surface area contributed by atoms with Gasteiger partial charge in [-0.1, -0.05) is 277 Å². The highest BCUT2D eigenvalue weighted by atomic mass is 16.6. The largest absolute Gasteiger partial charge is 0.462 e. The van der Waals surface area contributed by atoms with E-state index in [2.05, 4.69) is 130 Å². The number of carbonyl (C=O) groups is 3. The standard InChI is InChI=1S/C67H110O6/c1-4-7-10-13-15-17-19-21-23-24-25-26-27-28-29-30-31-32-33-34-35-36-37-38-39-40-41-42-44-45-47-49-51-54-57-60-66(69)72-63-64(62-71-65(68)59-56-53-12-9-6-3)73-67(70)61-58-55-52-50-48-46-43-22-20-18-16-14-11-8-5-2/h7-8,10-11,15-18,21-23,25-26,28-29,43,48,50,55,58,64H,4-6,9,12-14,19-20,24,27,30-42,44-47,49,51-54,56-57,59-63H2,1-3H3/b10-7-,11-8-,17-15-,18-16-,23-21-,26-25-,29-28-,43-22-,50-48-,58-55-. The van der Waals surface area contributed by atoms with Crippen LogP contribution >= 0.6 is 0 Å². The van der Waals surface area contributed by atoms with Crippen LogP contribution in [0, 0.1) is 0 Å². The van der Waals surface area contributed by atoms with E-state index in [0.29, 0.717) is 12.8 Å². The van der Waals surface area contributed by atoms with Crippen LogP contribution in [-0.2, 0) is 28.6 Å². The van der Waals surface area contributed by atoms with Gasteiger partial charge in [-0.15, -0.1) is 0 Å². The lowest BCUT2D eigenvalue weighted by atomic mass is 10.0. The third-order valence-corrected chi connectivity index (χ3v) is 12.5. The molecule has 0 N–H and O–H groups in total. The van der Waals surface area contributed by atoms with Gasteiger partial charge in [-0.25, -0.2) is 0 Å². The molecular weight excluding hydrogens is 901 g/mol. The number of unbranched alkanes of at least 4 members (excludes halogenated alkanes) is 23. The maximum atomic E-state index is 12.7. The summed E-state index contributed by atoms with van der Waals surface area (Å²) in [5.41, 5.74) is 0. The number of carbonyl (C=O) groups excluding carboxylic acids is 3. The summed E-state index contributed by atoms with van der Waals surface area (Å²) in [6, 6.07) is 0. The van der Waals surface area contributed by atoms with E-state index in [1.54, 1.807) is 6.08 Å². The number of hydrogen-bond donors (Lipinski definition) is 0. The average molecular weight is 1010 g/mol. The van der Waals surface area contributed by atoms with Gasteiger partial charge in [-0.2, -0.15) is 0 Å². The number of allylic oxidation sites excluding steroid dienone is 19. The summed E-state index contributed by atoms with van der Waals surface area (Å²) < 4.78 is 16.6. The van der Waals surface area contributed by atoms with Crippen molar-refractivity contribution in [2.75, 3.05) is 13.2 Å². The molecule has 0 bridgehead atoms. The van der Waals surface area contributed by atoms with Gasteiger partial charge in [-0.05, 0) is 89.9 Å². The summed E-state index contributed by atoms with van der Waals surface area (Å²) >= 11 is 0. The molecule has 0 aliphatic heterocycles. The molecule has 414 valence electrons. The maximum absolute atomic E-state index is 12.7. The van der Waals surface area contributed by atoms with Gasteiger partial charge in [0.2, 0.25) is 0 Å². The smallest absolute Gasteiger partial charge is 0.310 e. The van der Waals surface area contributed by atoms with Crippen molar-refractivity contribution in [2.45, 2.75) is 271 Å². The number of hydrogen-bond acceptors (Lipinski definition) is 6. The van der Waals surface area contributed by atoms with Gasteiger partial charge in [0.1, 0.15) is 13.2 Å². The van der Waals surface area contributed by atoms with Crippen LogP contribution in [0.1, 0.15) is 265 Å². The molecule has 6 nitrogen and oxygen atoms in total. The second kappa shape index (κ2) is 60.4. The lowest BCUT2D eigenvalue weighted by molar-refractivity contribution is -0.166. The Morgan fingerprint density at radius 3 is 0.904 bits per heavy atom. The molecule has 0 aromatic heterocycles. The van der Waals surface area contributed by atoms with Crippen LogP contribution < -0.4 is 0 Å². The highest BCUT2D eigenvalue weighted by Gasteiger charge is 2.19. The molecule has 0 amide bonds. The van der Waals surface area contributed by atoms with Crippen molar-refractivity contribution in [3.05, 3.63) is 122 Å². The fourth-order valence-corrected chi connectivity index (χ4v) is 8.07. The van der Waals surface area contributed by atoms with E-state index in [-0.39, 0.29) is 31.6 Å². The molecule has 6 heteroatoms. The minimum absolute atomic E-state index is 0.0961. The summed E-state index contributed by atoms with van der Waals surface area (Å²) in [7, 11) is 0. The Labute approximate surface area is 450 Å². The van der Waals surface area contributed by atoms with Crippen molar-refractivity contribution in [3.63, 3.8) is 0 Å². The molecule has 0 aromatic carbocycles. The SMILES string of the molecule is CC/C=C\C/C=C\C/C=C\C/C=C\C/C=C\CCCCCCCCCCCCCCCCCCCCCC(=O)OCC(COC(=O)CCCCCCC)OC(=O)C/C=C\C/C=C\C/C=C\C/C=C\C/C=C\CC. The minimum Gasteiger partial charge on any atom is -0.462 e. The summed E-state index contributed by atoms with van der Waals surface area (Å²) in [6.45, 7) is 6.24. The van der Waals surface area contributed by atoms with Crippen LogP contribution in [0.3, 0.4) is 0 Å². The summed E-state index contributed by atoms with van der Waals surface area (Å²) in [5.74, 6) is -1.06. The Balaban J connectivity index is 3.98. The molecular formula is C67H110O6. The first-order valence-corrected chi connectivity index (χ1v) is 30.0. The van der Waals surface area contributed by atoms with Crippen molar-refractivity contribution < 1.29 is 28.6 Å². The first kappa shape index (κ1) is 68.8. The van der Waals surface area contributed by atoms with E-state index in [0.717, 1.165) is 116 Å². The number of esters is 3. The van der Waals surface area contributed by atoms with Crippen LogP contribution in [0.25, 0.3) is 0 Å². The zero-order valence-corrected chi connectivity index (χ0v) is 47.4. The normalized spacial score (nSPS) is 13.0. The molecule has 0 radical (unpaired) electrons. The molecule has 73 heavy (non-hydrogen) atoms. The fraction of sp³-hybridized carbons (Fsp3) is 0.657. The zero-order valence-electron chi connectivity index (χ0n) is 47.4. The predicted octanol–water partition coefficient (Wildman–Crippen LogP) is 20.4. The first-order chi connectivity index (χ1) is 36.0. The van der Waals surface area contributed by atoms with Gasteiger partial charge in [0.15, 0.2) is 6.10 Å². The van der Waals surface area contributed by atoms with Crippen LogP contribution in [0.2, 0.25) is 0 Å². The molecule has 0 aliphatic rings. The lowest BCUT2D eigenvalue weighted by Crippen LogP contribution is -2.30. The molecule has 0 spiro atoms. The first-order valence-electron chi connectivity index (χ1n) is 30.0. The summed E-state index contributed by atoms with van der Waals surface area (Å²) in [6.07, 6.45) is 84.4. The molecule has 0 rings (SSSR count). The molecule has 0 aromatic rings. The molecule has 1 atom stereocenters. The Morgan fingerprint density at radius 1 is 0.301 bits per heavy atom. The molecule has 0 saturated carbocycles. The van der Waals surface area contributed by atoms with Gasteiger partial charge < -0.3 is 14.2 Å². The van der Waals surface area contributed by atoms with E-state index >= 15 is 0 Å². The Kier molecular flexibility index (Phi) is 56.9. The highest BCUT2D eigenvalue weighted by molar-refractivity contribution is 5.72. The third-order valence-electron chi connectivity index (χ3n) is 12.5. The van der Waals surface area contributed by atoms with E-state index in [1.165, 1.54) is 109 Å². The topological polar surface area (TPSA) is 78.9 Å². The minimum atomic E-state index is -0.828. The second-order valence-electron chi connectivity index (χ2n) is 19.5. The van der Waals surface area contributed by atoms with E-state index in [1.807, 2.05) is 6.08 Å². The van der Waals surface area contributed by atoms with Gasteiger partial charge in [0.25, 0.3) is 0 Å². The number of rotatable bonds is 53. The maximum Gasteiger partial charge on any atom is 0.310 e. The van der Waals surface area contributed by atoms with Crippen LogP contribution in [0.15, 0.2) is 122 Å². The van der Waals surface area contributed by atoms with Crippen LogP contribution in [-0.4, -0.2) is 37.2 Å². The van der Waals surface area contributed by atoms with Crippen LogP contribution in [0.5, 0.6) is 0 Å². The Bertz CT molecular complexity index is 1540. The van der Waals surface area contributed by atoms with Crippen molar-refractivity contribution in [1.29, 1.82) is 0 Å². The second-order valence-corrected chi connectivity index (χ2v) is 19.5.